The normalized spacial score (nSPS) is 11.6. The molecule has 5 nitrogen and oxygen atoms in total. The Bertz CT molecular complexity index is 793. The Kier molecular flexibility index (Phi) is 5.48. The second-order valence-corrected chi connectivity index (χ2v) is 5.81. The van der Waals surface area contributed by atoms with Crippen molar-refractivity contribution in [1.29, 1.82) is 0 Å². The lowest BCUT2D eigenvalue weighted by molar-refractivity contribution is 0.00752. The largest absolute Gasteiger partial charge is 0.447 e. The fourth-order valence-corrected chi connectivity index (χ4v) is 2.19. The Morgan fingerprint density at radius 1 is 0.840 bits per heavy atom. The lowest BCUT2D eigenvalue weighted by Crippen LogP contribution is -2.34. The molecule has 3 aromatic rings. The Hall–Kier alpha value is -2.63. The molecule has 0 saturated heterocycles. The average molecular weight is 375 g/mol. The van der Waals surface area contributed by atoms with Crippen molar-refractivity contribution in [2.24, 2.45) is 0 Å². The molecule has 0 amide bonds. The van der Waals surface area contributed by atoms with Crippen LogP contribution in [-0.2, 0) is 0 Å². The number of carbonyl (C=O) groups excluding carboxylic acids is 1. The van der Waals surface area contributed by atoms with Gasteiger partial charge in [0.1, 0.15) is 5.75 Å². The third-order valence-corrected chi connectivity index (χ3v) is 3.59. The van der Waals surface area contributed by atoms with Gasteiger partial charge in [0.25, 0.3) is 0 Å². The molecule has 0 saturated carbocycles. The van der Waals surface area contributed by atoms with Gasteiger partial charge in [0, 0.05) is 10.6 Å². The highest BCUT2D eigenvalue weighted by molar-refractivity contribution is 6.30. The smallest absolute Gasteiger partial charge is 0.319 e. The monoisotopic (exact) mass is 374 g/mol. The van der Waals surface area contributed by atoms with Crippen molar-refractivity contribution < 1.29 is 14.3 Å². The number of ether oxygens (including phenoxy) is 2. The van der Waals surface area contributed by atoms with Crippen LogP contribution in [-0.4, -0.2) is 22.0 Å². The summed E-state index contributed by atoms with van der Waals surface area (Å²) in [7, 11) is 0. The van der Waals surface area contributed by atoms with Crippen LogP contribution in [0.1, 0.15) is 10.4 Å². The lowest BCUT2D eigenvalue weighted by atomic mass is 10.1. The van der Waals surface area contributed by atoms with Crippen LogP contribution in [0.15, 0.2) is 67.0 Å². The fourth-order valence-electron chi connectivity index (χ4n) is 1.96. The molecule has 126 valence electrons. The van der Waals surface area contributed by atoms with E-state index in [0.717, 1.165) is 0 Å². The standard InChI is InChI=1S/C18H12Cl2N2O3/c19-13-6-8-15(9-7-13)24-17(16(23)12-4-2-1-3-5-12)25-18-21-10-14(20)11-22-18/h1-11,17H. The molecule has 0 radical (unpaired) electrons. The predicted octanol–water partition coefficient (Wildman–Crippen LogP) is 4.45. The molecule has 0 fully saturated rings. The summed E-state index contributed by atoms with van der Waals surface area (Å²) in [4.78, 5) is 20.6. The highest BCUT2D eigenvalue weighted by Crippen LogP contribution is 2.20. The van der Waals surface area contributed by atoms with E-state index in [0.29, 0.717) is 21.4 Å². The van der Waals surface area contributed by atoms with Crippen LogP contribution in [0.4, 0.5) is 0 Å². The third kappa shape index (κ3) is 4.68. The van der Waals surface area contributed by atoms with Gasteiger partial charge in [-0.05, 0) is 24.3 Å². The van der Waals surface area contributed by atoms with Gasteiger partial charge in [0.15, 0.2) is 0 Å². The number of Topliss-reactive ketones (excluding diaryl/α,β-unsaturated/α-hetero) is 1. The molecule has 1 aromatic heterocycles. The van der Waals surface area contributed by atoms with Gasteiger partial charge < -0.3 is 9.47 Å². The molecule has 1 unspecified atom stereocenters. The molecule has 1 atom stereocenters. The third-order valence-electron chi connectivity index (χ3n) is 3.14. The van der Waals surface area contributed by atoms with Gasteiger partial charge in [-0.3, -0.25) is 4.79 Å². The highest BCUT2D eigenvalue weighted by Gasteiger charge is 2.25. The van der Waals surface area contributed by atoms with Crippen LogP contribution in [0, 0.1) is 0 Å². The molecule has 0 N–H and O–H groups in total. The number of rotatable bonds is 6. The first-order valence-corrected chi connectivity index (χ1v) is 8.03. The molecular formula is C18H12Cl2N2O3. The minimum Gasteiger partial charge on any atom is -0.447 e. The number of carbonyl (C=O) groups is 1. The molecule has 3 rings (SSSR count). The van der Waals surface area contributed by atoms with Crippen molar-refractivity contribution in [1.82, 2.24) is 9.97 Å². The molecule has 0 aliphatic heterocycles. The van der Waals surface area contributed by atoms with E-state index in [1.165, 1.54) is 12.4 Å². The number of hydrogen-bond acceptors (Lipinski definition) is 5. The number of nitrogens with zero attached hydrogens (tertiary/aromatic N) is 2. The number of ketones is 1. The molecule has 0 aliphatic carbocycles. The minimum absolute atomic E-state index is 0.0207. The van der Waals surface area contributed by atoms with Gasteiger partial charge in [0.05, 0.1) is 17.4 Å². The van der Waals surface area contributed by atoms with Gasteiger partial charge in [-0.2, -0.15) is 0 Å². The van der Waals surface area contributed by atoms with Crippen LogP contribution in [0.3, 0.4) is 0 Å². The van der Waals surface area contributed by atoms with E-state index in [-0.39, 0.29) is 11.8 Å². The van der Waals surface area contributed by atoms with Crippen molar-refractivity contribution >= 4 is 29.0 Å². The predicted molar refractivity (Wildman–Crippen MR) is 94.3 cm³/mol. The lowest BCUT2D eigenvalue weighted by Gasteiger charge is -2.18. The summed E-state index contributed by atoms with van der Waals surface area (Å²) < 4.78 is 11.2. The maximum atomic E-state index is 12.7. The SMILES string of the molecule is O=C(c1ccccc1)C(Oc1ccc(Cl)cc1)Oc1ncc(Cl)cn1. The minimum atomic E-state index is -1.26. The van der Waals surface area contributed by atoms with E-state index in [1.54, 1.807) is 48.5 Å². The van der Waals surface area contributed by atoms with Crippen molar-refractivity contribution in [3.8, 4) is 11.8 Å². The summed E-state index contributed by atoms with van der Waals surface area (Å²) >= 11 is 11.6. The quantitative estimate of drug-likeness (QED) is 0.471. The van der Waals surface area contributed by atoms with E-state index in [4.69, 9.17) is 32.7 Å². The summed E-state index contributed by atoms with van der Waals surface area (Å²) in [5.41, 5.74) is 0.440. The van der Waals surface area contributed by atoms with Gasteiger partial charge in [-0.25, -0.2) is 9.97 Å². The zero-order valence-corrected chi connectivity index (χ0v) is 14.3. The van der Waals surface area contributed by atoms with E-state index >= 15 is 0 Å². The van der Waals surface area contributed by atoms with E-state index < -0.39 is 6.29 Å². The van der Waals surface area contributed by atoms with Crippen molar-refractivity contribution in [3.05, 3.63) is 82.6 Å². The van der Waals surface area contributed by atoms with E-state index in [1.807, 2.05) is 6.07 Å². The molecule has 0 bridgehead atoms. The second-order valence-electron chi connectivity index (χ2n) is 4.94. The topological polar surface area (TPSA) is 61.3 Å². The summed E-state index contributed by atoms with van der Waals surface area (Å²) in [6.45, 7) is 0. The Labute approximate surface area is 154 Å². The van der Waals surface area contributed by atoms with E-state index in [2.05, 4.69) is 9.97 Å². The molecule has 2 aromatic carbocycles. The first-order chi connectivity index (χ1) is 12.1. The molecule has 0 aliphatic rings. The average Bonchev–Trinajstić information content (AvgIpc) is 2.65. The van der Waals surface area contributed by atoms with Crippen molar-refractivity contribution in [2.75, 3.05) is 0 Å². The van der Waals surface area contributed by atoms with Crippen LogP contribution < -0.4 is 9.47 Å². The van der Waals surface area contributed by atoms with Gasteiger partial charge in [-0.1, -0.05) is 53.5 Å². The zero-order valence-electron chi connectivity index (χ0n) is 12.8. The summed E-state index contributed by atoms with van der Waals surface area (Å²) in [6.07, 6.45) is 1.48. The molecule has 7 heteroatoms. The van der Waals surface area contributed by atoms with Crippen molar-refractivity contribution in [3.63, 3.8) is 0 Å². The zero-order chi connectivity index (χ0) is 17.6. The van der Waals surface area contributed by atoms with Gasteiger partial charge >= 0.3 is 12.3 Å². The van der Waals surface area contributed by atoms with Gasteiger partial charge in [-0.15, -0.1) is 0 Å². The maximum Gasteiger partial charge on any atom is 0.319 e. The number of benzene rings is 2. The Balaban J connectivity index is 1.85. The number of halogens is 2. The number of aromatic nitrogens is 2. The Morgan fingerprint density at radius 3 is 2.12 bits per heavy atom. The first-order valence-electron chi connectivity index (χ1n) is 7.27. The van der Waals surface area contributed by atoms with E-state index in [9.17, 15) is 4.79 Å². The Morgan fingerprint density at radius 2 is 1.48 bits per heavy atom. The molecule has 0 spiro atoms. The summed E-state index contributed by atoms with van der Waals surface area (Å²) in [6, 6.07) is 15.2. The summed E-state index contributed by atoms with van der Waals surface area (Å²) in [5.74, 6) is 0.0572. The van der Waals surface area contributed by atoms with Crippen LogP contribution >= 0.6 is 23.2 Å². The van der Waals surface area contributed by atoms with Crippen molar-refractivity contribution in [2.45, 2.75) is 6.29 Å². The van der Waals surface area contributed by atoms with Crippen LogP contribution in [0.2, 0.25) is 10.0 Å². The molecule has 25 heavy (non-hydrogen) atoms. The number of hydrogen-bond donors (Lipinski definition) is 0. The highest BCUT2D eigenvalue weighted by atomic mass is 35.5. The fraction of sp³-hybridized carbons (Fsp3) is 0.0556. The maximum absolute atomic E-state index is 12.7. The van der Waals surface area contributed by atoms with Crippen LogP contribution in [0.25, 0.3) is 0 Å². The molecule has 1 heterocycles. The van der Waals surface area contributed by atoms with Gasteiger partial charge in [0.2, 0.25) is 5.78 Å². The van der Waals surface area contributed by atoms with Crippen LogP contribution in [0.5, 0.6) is 11.8 Å². The summed E-state index contributed by atoms with van der Waals surface area (Å²) in [5, 5.41) is 0.914. The first kappa shape index (κ1) is 17.2. The second kappa shape index (κ2) is 7.96. The molecular weight excluding hydrogens is 363 g/mol.